The molecule has 0 spiro atoms. The second-order valence-electron chi connectivity index (χ2n) is 3.41. The molecule has 0 saturated carbocycles. The number of furan rings is 1. The van der Waals surface area contributed by atoms with Gasteiger partial charge in [0.2, 0.25) is 0 Å². The number of nitrogens with zero attached hydrogens (tertiary/aromatic N) is 3. The Bertz CT molecular complexity index is 575. The summed E-state index contributed by atoms with van der Waals surface area (Å²) in [5.41, 5.74) is 0. The summed E-state index contributed by atoms with van der Waals surface area (Å²) in [4.78, 5) is 27.4. The number of nitro groups is 1. The molecule has 94 valence electrons. The van der Waals surface area contributed by atoms with Crippen molar-refractivity contribution in [3.8, 4) is 0 Å². The fourth-order valence-corrected chi connectivity index (χ4v) is 2.30. The summed E-state index contributed by atoms with van der Waals surface area (Å²) in [6.07, 6.45) is 1.47. The minimum atomic E-state index is -0.628. The Kier molecular flexibility index (Phi) is 3.19. The fraction of sp³-hybridized carbons (Fsp3) is 0.200. The molecule has 0 atom stereocenters. The summed E-state index contributed by atoms with van der Waals surface area (Å²) in [6.45, 7) is 0. The number of carbonyl (C=O) groups excluding carboxylic acids is 1. The van der Waals surface area contributed by atoms with Crippen molar-refractivity contribution in [3.05, 3.63) is 32.9 Å². The third-order valence-corrected chi connectivity index (χ3v) is 3.41. The maximum atomic E-state index is 11.8. The van der Waals surface area contributed by atoms with Crippen molar-refractivity contribution in [2.75, 3.05) is 14.1 Å². The molecule has 0 aliphatic carbocycles. The van der Waals surface area contributed by atoms with Crippen molar-refractivity contribution >= 4 is 34.8 Å². The molecule has 18 heavy (non-hydrogen) atoms. The van der Waals surface area contributed by atoms with Gasteiger partial charge in [0.25, 0.3) is 5.91 Å². The van der Waals surface area contributed by atoms with Crippen molar-refractivity contribution in [1.82, 2.24) is 4.90 Å². The van der Waals surface area contributed by atoms with Crippen LogP contribution in [-0.2, 0) is 4.79 Å². The van der Waals surface area contributed by atoms with Crippen LogP contribution in [0.1, 0.15) is 5.76 Å². The fourth-order valence-electron chi connectivity index (χ4n) is 1.40. The van der Waals surface area contributed by atoms with E-state index in [2.05, 4.69) is 4.99 Å². The monoisotopic (exact) mass is 267 g/mol. The summed E-state index contributed by atoms with van der Waals surface area (Å²) in [5, 5.41) is 11.0. The summed E-state index contributed by atoms with van der Waals surface area (Å²) < 4.78 is 4.96. The first-order chi connectivity index (χ1) is 8.52. The van der Waals surface area contributed by atoms with Gasteiger partial charge in [0, 0.05) is 20.2 Å². The quantitative estimate of drug-likeness (QED) is 0.462. The lowest BCUT2D eigenvalue weighted by atomic mass is 10.3. The zero-order valence-electron chi connectivity index (χ0n) is 9.61. The molecule has 1 aliphatic heterocycles. The standard InChI is InChI=1S/C10H9N3O4S/c1-11-10-12(2)9(14)7(18-10)5-6-3-4-8(17-6)13(15)16/h3-5H,1-2H3/b7-5+,11-10?. The van der Waals surface area contributed by atoms with E-state index in [1.165, 1.54) is 34.9 Å². The lowest BCUT2D eigenvalue weighted by molar-refractivity contribution is -0.402. The topological polar surface area (TPSA) is 89.0 Å². The van der Waals surface area contributed by atoms with Crippen LogP contribution < -0.4 is 0 Å². The van der Waals surface area contributed by atoms with E-state index in [9.17, 15) is 14.9 Å². The molecule has 0 bridgehead atoms. The van der Waals surface area contributed by atoms with Crippen molar-refractivity contribution in [2.24, 2.45) is 4.99 Å². The van der Waals surface area contributed by atoms with E-state index in [4.69, 9.17) is 4.42 Å². The Balaban J connectivity index is 2.28. The maximum Gasteiger partial charge on any atom is 0.433 e. The third-order valence-electron chi connectivity index (χ3n) is 2.26. The first-order valence-electron chi connectivity index (χ1n) is 4.91. The second-order valence-corrected chi connectivity index (χ2v) is 4.42. The van der Waals surface area contributed by atoms with Crippen molar-refractivity contribution < 1.29 is 14.1 Å². The van der Waals surface area contributed by atoms with Crippen molar-refractivity contribution in [3.63, 3.8) is 0 Å². The lowest BCUT2D eigenvalue weighted by Crippen LogP contribution is -2.23. The van der Waals surface area contributed by atoms with Gasteiger partial charge in [0.1, 0.15) is 10.7 Å². The second kappa shape index (κ2) is 4.65. The van der Waals surface area contributed by atoms with E-state index in [0.717, 1.165) is 0 Å². The molecule has 0 radical (unpaired) electrons. The van der Waals surface area contributed by atoms with Gasteiger partial charge >= 0.3 is 5.88 Å². The number of likely N-dealkylation sites (N-methyl/N-ethyl adjacent to an activating group) is 1. The number of carbonyl (C=O) groups is 1. The van der Waals surface area contributed by atoms with E-state index in [1.54, 1.807) is 14.1 Å². The molecule has 1 fully saturated rings. The van der Waals surface area contributed by atoms with Gasteiger partial charge in [-0.2, -0.15) is 0 Å². The van der Waals surface area contributed by atoms with Crippen LogP contribution in [0.2, 0.25) is 0 Å². The number of amides is 1. The molecule has 1 amide bonds. The predicted molar refractivity (Wildman–Crippen MR) is 67.1 cm³/mol. The number of rotatable bonds is 2. The van der Waals surface area contributed by atoms with Gasteiger partial charge in [-0.15, -0.1) is 0 Å². The van der Waals surface area contributed by atoms with Crippen LogP contribution in [-0.4, -0.2) is 35.0 Å². The molecule has 1 aromatic heterocycles. The summed E-state index contributed by atoms with van der Waals surface area (Å²) in [6, 6.07) is 2.69. The van der Waals surface area contributed by atoms with Crippen LogP contribution in [0.3, 0.4) is 0 Å². The SMILES string of the molecule is CN=C1S/C(=C/c2ccc([N+](=O)[O-])o2)C(=O)N1C. The van der Waals surface area contributed by atoms with Crippen LogP contribution in [0, 0.1) is 10.1 Å². The van der Waals surface area contributed by atoms with Crippen LogP contribution in [0.25, 0.3) is 6.08 Å². The van der Waals surface area contributed by atoms with Gasteiger partial charge in [0.15, 0.2) is 5.17 Å². The predicted octanol–water partition coefficient (Wildman–Crippen LogP) is 1.72. The Morgan fingerprint density at radius 2 is 2.28 bits per heavy atom. The average molecular weight is 267 g/mol. The molecule has 0 N–H and O–H groups in total. The third kappa shape index (κ3) is 2.14. The number of aliphatic imine (C=N–C) groups is 1. The van der Waals surface area contributed by atoms with E-state index in [-0.39, 0.29) is 17.6 Å². The molecule has 0 unspecified atom stereocenters. The molecule has 1 aromatic rings. The van der Waals surface area contributed by atoms with Crippen molar-refractivity contribution in [1.29, 1.82) is 0 Å². The summed E-state index contributed by atoms with van der Waals surface area (Å²) >= 11 is 1.20. The van der Waals surface area contributed by atoms with E-state index < -0.39 is 4.92 Å². The van der Waals surface area contributed by atoms with Gasteiger partial charge < -0.3 is 4.42 Å². The zero-order chi connectivity index (χ0) is 13.3. The molecule has 1 aliphatic rings. The van der Waals surface area contributed by atoms with Crippen LogP contribution in [0.5, 0.6) is 0 Å². The normalized spacial score (nSPS) is 20.1. The maximum absolute atomic E-state index is 11.8. The summed E-state index contributed by atoms with van der Waals surface area (Å²) in [5.74, 6) is -0.294. The van der Waals surface area contributed by atoms with Crippen LogP contribution in [0.4, 0.5) is 5.88 Å². The largest absolute Gasteiger partial charge is 0.433 e. The minimum absolute atomic E-state index is 0.209. The van der Waals surface area contributed by atoms with Crippen molar-refractivity contribution in [2.45, 2.75) is 0 Å². The van der Waals surface area contributed by atoms with Crippen LogP contribution >= 0.6 is 11.8 Å². The van der Waals surface area contributed by atoms with Crippen LogP contribution in [0.15, 0.2) is 26.4 Å². The molecule has 7 nitrogen and oxygen atoms in total. The molecular formula is C10H9N3O4S. The molecule has 0 aromatic carbocycles. The van der Waals surface area contributed by atoms with E-state index in [0.29, 0.717) is 10.1 Å². The molecular weight excluding hydrogens is 258 g/mol. The van der Waals surface area contributed by atoms with Gasteiger partial charge in [-0.05, 0) is 17.8 Å². The highest BCUT2D eigenvalue weighted by molar-refractivity contribution is 8.18. The zero-order valence-corrected chi connectivity index (χ0v) is 10.4. The Morgan fingerprint density at radius 3 is 2.78 bits per heavy atom. The van der Waals surface area contributed by atoms with E-state index >= 15 is 0 Å². The highest BCUT2D eigenvalue weighted by Crippen LogP contribution is 2.31. The highest BCUT2D eigenvalue weighted by Gasteiger charge is 2.30. The molecule has 8 heteroatoms. The lowest BCUT2D eigenvalue weighted by Gasteiger charge is -2.04. The first-order valence-corrected chi connectivity index (χ1v) is 5.73. The van der Waals surface area contributed by atoms with Gasteiger partial charge in [0.05, 0.1) is 11.0 Å². The smallest absolute Gasteiger partial charge is 0.401 e. The molecule has 2 heterocycles. The minimum Gasteiger partial charge on any atom is -0.401 e. The molecule has 2 rings (SSSR count). The Morgan fingerprint density at radius 1 is 1.56 bits per heavy atom. The number of amidine groups is 1. The van der Waals surface area contributed by atoms with Gasteiger partial charge in [-0.3, -0.25) is 24.8 Å². The molecule has 1 saturated heterocycles. The van der Waals surface area contributed by atoms with Gasteiger partial charge in [-0.1, -0.05) is 0 Å². The summed E-state index contributed by atoms with van der Waals surface area (Å²) in [7, 11) is 3.20. The Labute approximate surface area is 106 Å². The average Bonchev–Trinajstić information content (AvgIpc) is 2.90. The van der Waals surface area contributed by atoms with E-state index in [1.807, 2.05) is 0 Å². The Hall–Kier alpha value is -2.09. The number of hydrogen-bond acceptors (Lipinski definition) is 6. The first kappa shape index (κ1) is 12.4. The number of hydrogen-bond donors (Lipinski definition) is 0. The van der Waals surface area contributed by atoms with Gasteiger partial charge in [-0.25, -0.2) is 0 Å². The number of thioether (sulfide) groups is 1. The highest BCUT2D eigenvalue weighted by atomic mass is 32.2.